The summed E-state index contributed by atoms with van der Waals surface area (Å²) in [6, 6.07) is 4.74. The third-order valence-electron chi connectivity index (χ3n) is 5.42. The Morgan fingerprint density at radius 2 is 1.77 bits per heavy atom. The first-order chi connectivity index (χ1) is 9.58. The van der Waals surface area contributed by atoms with Gasteiger partial charge in [0.15, 0.2) is 0 Å². The van der Waals surface area contributed by atoms with Crippen LogP contribution in [-0.2, 0) is 6.54 Å². The van der Waals surface area contributed by atoms with Crippen LogP contribution in [0.4, 0.5) is 0 Å². The molecule has 0 aliphatic carbocycles. The van der Waals surface area contributed by atoms with Gasteiger partial charge in [0.1, 0.15) is 0 Å². The van der Waals surface area contributed by atoms with Gasteiger partial charge in [-0.25, -0.2) is 0 Å². The summed E-state index contributed by atoms with van der Waals surface area (Å²) in [5.74, 6) is 0. The second kappa shape index (κ2) is 8.01. The lowest BCUT2D eigenvalue weighted by molar-refractivity contribution is 0.199. The minimum atomic E-state index is 0. The summed E-state index contributed by atoms with van der Waals surface area (Å²) in [5.41, 5.74) is 6.40. The Morgan fingerprint density at radius 3 is 2.45 bits per heavy atom. The molecular weight excluding hydrogens is 315 g/mol. The van der Waals surface area contributed by atoms with Crippen molar-refractivity contribution in [2.45, 2.75) is 46.6 Å². The highest BCUT2D eigenvalue weighted by atomic mass is 35.5. The molecule has 0 saturated carbocycles. The fourth-order valence-electron chi connectivity index (χ4n) is 3.97. The number of benzene rings is 1. The van der Waals surface area contributed by atoms with Crippen molar-refractivity contribution < 1.29 is 0 Å². The number of likely N-dealkylation sites (tertiary alicyclic amines) is 1. The van der Waals surface area contributed by atoms with E-state index in [0.29, 0.717) is 5.41 Å². The highest BCUT2D eigenvalue weighted by molar-refractivity contribution is 5.85. The molecule has 1 aromatic rings. The lowest BCUT2D eigenvalue weighted by atomic mass is 9.80. The van der Waals surface area contributed by atoms with Crippen LogP contribution in [0.2, 0.25) is 0 Å². The molecule has 3 rings (SSSR count). The fourth-order valence-corrected chi connectivity index (χ4v) is 3.97. The van der Waals surface area contributed by atoms with Crippen molar-refractivity contribution in [1.29, 1.82) is 0 Å². The number of hydrogen-bond acceptors (Lipinski definition) is 2. The van der Waals surface area contributed by atoms with E-state index in [1.807, 2.05) is 0 Å². The Labute approximate surface area is 147 Å². The monoisotopic (exact) mass is 344 g/mol. The van der Waals surface area contributed by atoms with Gasteiger partial charge in [-0.2, -0.15) is 0 Å². The number of piperidine rings is 1. The number of aryl methyl sites for hydroxylation is 3. The average Bonchev–Trinajstić information content (AvgIpc) is 2.79. The van der Waals surface area contributed by atoms with Gasteiger partial charge in [-0.15, -0.1) is 24.8 Å². The van der Waals surface area contributed by atoms with Gasteiger partial charge in [-0.3, -0.25) is 4.90 Å². The first-order valence-corrected chi connectivity index (χ1v) is 8.08. The molecule has 2 saturated heterocycles. The maximum absolute atomic E-state index is 3.60. The molecule has 4 heteroatoms. The minimum Gasteiger partial charge on any atom is -0.316 e. The molecule has 1 atom stereocenters. The van der Waals surface area contributed by atoms with Crippen LogP contribution < -0.4 is 5.32 Å². The molecule has 0 bridgehead atoms. The van der Waals surface area contributed by atoms with Crippen LogP contribution in [0.1, 0.15) is 41.5 Å². The average molecular weight is 345 g/mol. The van der Waals surface area contributed by atoms with E-state index in [2.05, 4.69) is 43.1 Å². The topological polar surface area (TPSA) is 15.3 Å². The Kier molecular flexibility index (Phi) is 7.20. The standard InChI is InChI=1S/C18H28N2.2ClH/c1-14-9-16(3)17(10-15(14)2)11-20-8-6-18(13-20)5-4-7-19-12-18;;/h9-10,19H,4-8,11-13H2,1-3H3;2*1H. The molecule has 2 fully saturated rings. The zero-order valence-corrected chi connectivity index (χ0v) is 15.7. The zero-order chi connectivity index (χ0) is 14.2. The molecule has 2 nitrogen and oxygen atoms in total. The molecule has 1 spiro atoms. The van der Waals surface area contributed by atoms with Gasteiger partial charge < -0.3 is 5.32 Å². The van der Waals surface area contributed by atoms with Crippen LogP contribution in [0.25, 0.3) is 0 Å². The normalized spacial score (nSPS) is 24.9. The molecule has 2 heterocycles. The second-order valence-corrected chi connectivity index (χ2v) is 7.10. The van der Waals surface area contributed by atoms with Gasteiger partial charge in [0.05, 0.1) is 0 Å². The third-order valence-corrected chi connectivity index (χ3v) is 5.42. The number of rotatable bonds is 2. The predicted molar refractivity (Wildman–Crippen MR) is 99.6 cm³/mol. The third kappa shape index (κ3) is 4.17. The summed E-state index contributed by atoms with van der Waals surface area (Å²) in [7, 11) is 0. The van der Waals surface area contributed by atoms with Gasteiger partial charge >= 0.3 is 0 Å². The van der Waals surface area contributed by atoms with Gasteiger partial charge in [0.25, 0.3) is 0 Å². The Morgan fingerprint density at radius 1 is 1.05 bits per heavy atom. The molecule has 2 aliphatic rings. The zero-order valence-electron chi connectivity index (χ0n) is 14.1. The summed E-state index contributed by atoms with van der Waals surface area (Å²) < 4.78 is 0. The molecule has 0 aromatic heterocycles. The maximum Gasteiger partial charge on any atom is 0.0236 e. The number of halogens is 2. The van der Waals surface area contributed by atoms with E-state index in [1.165, 1.54) is 67.7 Å². The highest BCUT2D eigenvalue weighted by Crippen LogP contribution is 2.37. The first-order valence-electron chi connectivity index (χ1n) is 8.08. The number of hydrogen-bond donors (Lipinski definition) is 1. The largest absolute Gasteiger partial charge is 0.316 e. The van der Waals surface area contributed by atoms with Gasteiger partial charge in [0.2, 0.25) is 0 Å². The van der Waals surface area contributed by atoms with Crippen LogP contribution in [0, 0.1) is 26.2 Å². The van der Waals surface area contributed by atoms with Crippen LogP contribution in [0.3, 0.4) is 0 Å². The van der Waals surface area contributed by atoms with Gasteiger partial charge in [-0.05, 0) is 80.8 Å². The molecule has 126 valence electrons. The molecule has 0 radical (unpaired) electrons. The van der Waals surface area contributed by atoms with E-state index in [4.69, 9.17) is 0 Å². The molecule has 1 aromatic carbocycles. The lowest BCUT2D eigenvalue weighted by Crippen LogP contribution is -2.41. The SMILES string of the molecule is Cc1cc(C)c(CN2CCC3(CCCNC3)C2)cc1C.Cl.Cl. The van der Waals surface area contributed by atoms with Crippen molar-refractivity contribution >= 4 is 24.8 Å². The van der Waals surface area contributed by atoms with Crippen molar-refractivity contribution in [2.24, 2.45) is 5.41 Å². The van der Waals surface area contributed by atoms with E-state index in [9.17, 15) is 0 Å². The van der Waals surface area contributed by atoms with Crippen molar-refractivity contribution in [3.8, 4) is 0 Å². The summed E-state index contributed by atoms with van der Waals surface area (Å²) in [6.07, 6.45) is 4.16. The van der Waals surface area contributed by atoms with Crippen LogP contribution in [0.15, 0.2) is 12.1 Å². The quantitative estimate of drug-likeness (QED) is 0.871. The van der Waals surface area contributed by atoms with Crippen molar-refractivity contribution in [1.82, 2.24) is 10.2 Å². The van der Waals surface area contributed by atoms with E-state index in [1.54, 1.807) is 0 Å². The minimum absolute atomic E-state index is 0. The smallest absolute Gasteiger partial charge is 0.0236 e. The lowest BCUT2D eigenvalue weighted by Gasteiger charge is -2.34. The van der Waals surface area contributed by atoms with E-state index in [-0.39, 0.29) is 24.8 Å². The summed E-state index contributed by atoms with van der Waals surface area (Å²) >= 11 is 0. The van der Waals surface area contributed by atoms with Crippen molar-refractivity contribution in [2.75, 3.05) is 26.2 Å². The Bertz CT molecular complexity index is 496. The number of nitrogens with one attached hydrogen (secondary N) is 1. The Balaban J connectivity index is 0.00000121. The Hall–Kier alpha value is -0.280. The molecule has 0 amide bonds. The fraction of sp³-hybridized carbons (Fsp3) is 0.667. The molecule has 1 unspecified atom stereocenters. The van der Waals surface area contributed by atoms with Crippen molar-refractivity contribution in [3.05, 3.63) is 34.4 Å². The van der Waals surface area contributed by atoms with Crippen LogP contribution >= 0.6 is 24.8 Å². The first kappa shape index (κ1) is 19.8. The van der Waals surface area contributed by atoms with Crippen molar-refractivity contribution in [3.63, 3.8) is 0 Å². The molecule has 2 aliphatic heterocycles. The highest BCUT2D eigenvalue weighted by Gasteiger charge is 2.38. The van der Waals surface area contributed by atoms with E-state index < -0.39 is 0 Å². The van der Waals surface area contributed by atoms with Crippen LogP contribution in [0.5, 0.6) is 0 Å². The second-order valence-electron chi connectivity index (χ2n) is 7.10. The summed E-state index contributed by atoms with van der Waals surface area (Å²) in [5, 5.41) is 3.60. The maximum atomic E-state index is 3.60. The summed E-state index contributed by atoms with van der Waals surface area (Å²) in [4.78, 5) is 2.67. The molecule has 1 N–H and O–H groups in total. The molecule has 22 heavy (non-hydrogen) atoms. The predicted octanol–water partition coefficient (Wildman–Crippen LogP) is 4.03. The molecular formula is C18H30Cl2N2. The number of nitrogens with zero attached hydrogens (tertiary/aromatic N) is 1. The summed E-state index contributed by atoms with van der Waals surface area (Å²) in [6.45, 7) is 12.8. The van der Waals surface area contributed by atoms with E-state index in [0.717, 1.165) is 6.54 Å². The van der Waals surface area contributed by atoms with E-state index >= 15 is 0 Å². The van der Waals surface area contributed by atoms with Crippen LogP contribution in [-0.4, -0.2) is 31.1 Å². The van der Waals surface area contributed by atoms with Gasteiger partial charge in [-0.1, -0.05) is 12.1 Å². The van der Waals surface area contributed by atoms with Gasteiger partial charge in [0, 0.05) is 19.6 Å².